The zero-order chi connectivity index (χ0) is 22.2. The number of hydrogen-bond donors (Lipinski definition) is 3. The number of hydrogen-bond acceptors (Lipinski definition) is 7. The van der Waals surface area contributed by atoms with E-state index in [0.717, 1.165) is 41.8 Å². The van der Waals surface area contributed by atoms with Gasteiger partial charge >= 0.3 is 0 Å². The van der Waals surface area contributed by atoms with E-state index in [9.17, 15) is 4.79 Å². The Morgan fingerprint density at radius 3 is 2.69 bits per heavy atom. The highest BCUT2D eigenvalue weighted by Gasteiger charge is 2.40. The van der Waals surface area contributed by atoms with Crippen LogP contribution < -0.4 is 16.2 Å². The highest BCUT2D eigenvalue weighted by Crippen LogP contribution is 2.37. The van der Waals surface area contributed by atoms with Gasteiger partial charge in [-0.05, 0) is 38.7 Å². The van der Waals surface area contributed by atoms with Crippen LogP contribution in [0.15, 0.2) is 29.1 Å². The van der Waals surface area contributed by atoms with Gasteiger partial charge in [-0.1, -0.05) is 0 Å². The minimum absolute atomic E-state index is 0.0555. The first-order valence-corrected chi connectivity index (χ1v) is 11.2. The van der Waals surface area contributed by atoms with Gasteiger partial charge in [0.1, 0.15) is 11.6 Å². The Bertz CT molecular complexity index is 1230. The lowest BCUT2D eigenvalue weighted by Gasteiger charge is -2.39. The summed E-state index contributed by atoms with van der Waals surface area (Å²) in [5, 5.41) is 24.0. The Kier molecular flexibility index (Phi) is 5.31. The summed E-state index contributed by atoms with van der Waals surface area (Å²) in [6.45, 7) is 2.81. The number of fused-ring (bicyclic) bond motifs is 3. The first-order chi connectivity index (χ1) is 15.5. The van der Waals surface area contributed by atoms with Crippen molar-refractivity contribution in [3.8, 4) is 6.07 Å². The van der Waals surface area contributed by atoms with Crippen LogP contribution in [0, 0.1) is 18.3 Å². The summed E-state index contributed by atoms with van der Waals surface area (Å²) in [6, 6.07) is 10.9. The Labute approximate surface area is 186 Å². The van der Waals surface area contributed by atoms with Gasteiger partial charge in [-0.15, -0.1) is 0 Å². The Balaban J connectivity index is 1.45. The largest absolute Gasteiger partial charge is 0.367 e. The predicted octanol–water partition coefficient (Wildman–Crippen LogP) is 3.03. The molecule has 0 amide bonds. The molecular formula is C23H28N8O. The minimum atomic E-state index is -0.0555. The highest BCUT2D eigenvalue weighted by molar-refractivity contribution is 5.92. The topological polar surface area (TPSA) is 115 Å². The molecule has 3 N–H and O–H groups in total. The van der Waals surface area contributed by atoms with Crippen LogP contribution in [-0.4, -0.2) is 49.3 Å². The normalized spacial score (nSPS) is 22.7. The van der Waals surface area contributed by atoms with Crippen molar-refractivity contribution in [3.63, 3.8) is 0 Å². The minimum Gasteiger partial charge on any atom is -0.367 e. The number of piperidine rings is 1. The van der Waals surface area contributed by atoms with E-state index in [1.54, 1.807) is 17.7 Å². The summed E-state index contributed by atoms with van der Waals surface area (Å²) < 4.78 is 1.65. The molecule has 0 radical (unpaired) electrons. The molecule has 3 aromatic rings. The number of anilines is 3. The van der Waals surface area contributed by atoms with E-state index in [0.29, 0.717) is 36.2 Å². The second kappa shape index (κ2) is 8.28. The molecule has 0 spiro atoms. The predicted molar refractivity (Wildman–Crippen MR) is 124 cm³/mol. The number of nitrogens with one attached hydrogen (secondary N) is 3. The maximum atomic E-state index is 12.3. The molecule has 5 rings (SSSR count). The molecule has 32 heavy (non-hydrogen) atoms. The molecule has 9 heteroatoms. The van der Waals surface area contributed by atoms with Crippen LogP contribution in [0.1, 0.15) is 37.8 Å². The molecule has 9 nitrogen and oxygen atoms in total. The van der Waals surface area contributed by atoms with Gasteiger partial charge in [0.05, 0.1) is 11.6 Å². The molecule has 2 aliphatic rings. The SMILES string of the molecule is Cc1cc(Nc2cc3c(ccc(=O)n3C)c(NC3CC4CCC(C3)N4CCC#N)n2)n[nH]1. The summed E-state index contributed by atoms with van der Waals surface area (Å²) in [5.74, 6) is 2.11. The van der Waals surface area contributed by atoms with E-state index in [4.69, 9.17) is 10.2 Å². The molecule has 2 bridgehead atoms. The fraction of sp³-hybridized carbons (Fsp3) is 0.478. The number of H-pyrrole nitrogens is 1. The summed E-state index contributed by atoms with van der Waals surface area (Å²) in [7, 11) is 1.78. The van der Waals surface area contributed by atoms with Crippen LogP contribution in [0.5, 0.6) is 0 Å². The van der Waals surface area contributed by atoms with Gasteiger partial charge in [0.25, 0.3) is 5.56 Å². The molecule has 5 heterocycles. The maximum Gasteiger partial charge on any atom is 0.250 e. The Hall–Kier alpha value is -3.38. The highest BCUT2D eigenvalue weighted by atomic mass is 16.1. The number of nitrogens with zero attached hydrogens (tertiary/aromatic N) is 5. The second-order valence-electron chi connectivity index (χ2n) is 8.92. The molecule has 2 fully saturated rings. The lowest BCUT2D eigenvalue weighted by molar-refractivity contribution is 0.136. The molecule has 0 saturated carbocycles. The smallest absolute Gasteiger partial charge is 0.250 e. The molecule has 2 unspecified atom stereocenters. The third-order valence-corrected chi connectivity index (χ3v) is 6.79. The van der Waals surface area contributed by atoms with Crippen LogP contribution >= 0.6 is 0 Å². The number of rotatable bonds is 6. The van der Waals surface area contributed by atoms with E-state index in [1.165, 1.54) is 12.8 Å². The maximum absolute atomic E-state index is 12.3. The first kappa shape index (κ1) is 20.5. The molecule has 2 atom stereocenters. The van der Waals surface area contributed by atoms with Gasteiger partial charge in [0.15, 0.2) is 5.82 Å². The average molecular weight is 433 g/mol. The number of aryl methyl sites for hydroxylation is 2. The summed E-state index contributed by atoms with van der Waals surface area (Å²) >= 11 is 0. The lowest BCUT2D eigenvalue weighted by atomic mass is 9.97. The number of aromatic nitrogens is 4. The van der Waals surface area contributed by atoms with Crippen molar-refractivity contribution < 1.29 is 0 Å². The lowest BCUT2D eigenvalue weighted by Crippen LogP contribution is -2.47. The van der Waals surface area contributed by atoms with E-state index < -0.39 is 0 Å². The summed E-state index contributed by atoms with van der Waals surface area (Å²) in [4.78, 5) is 19.7. The van der Waals surface area contributed by atoms with Crippen LogP contribution in [-0.2, 0) is 7.05 Å². The number of aromatic amines is 1. The zero-order valence-electron chi connectivity index (χ0n) is 18.4. The third-order valence-electron chi connectivity index (χ3n) is 6.79. The van der Waals surface area contributed by atoms with Crippen LogP contribution in [0.3, 0.4) is 0 Å². The van der Waals surface area contributed by atoms with E-state index >= 15 is 0 Å². The molecule has 0 aliphatic carbocycles. The zero-order valence-corrected chi connectivity index (χ0v) is 18.4. The fourth-order valence-corrected chi connectivity index (χ4v) is 5.29. The number of nitriles is 1. The Morgan fingerprint density at radius 2 is 2.00 bits per heavy atom. The van der Waals surface area contributed by atoms with Crippen LogP contribution in [0.4, 0.5) is 17.5 Å². The van der Waals surface area contributed by atoms with Gasteiger partial charge < -0.3 is 15.2 Å². The number of pyridine rings is 2. The van der Waals surface area contributed by atoms with Gasteiger partial charge in [-0.3, -0.25) is 14.8 Å². The van der Waals surface area contributed by atoms with Gasteiger partial charge in [0, 0.05) is 67.4 Å². The van der Waals surface area contributed by atoms with Crippen molar-refractivity contribution in [1.29, 1.82) is 5.26 Å². The van der Waals surface area contributed by atoms with Crippen molar-refractivity contribution in [2.45, 2.75) is 57.2 Å². The van der Waals surface area contributed by atoms with Crippen LogP contribution in [0.2, 0.25) is 0 Å². The van der Waals surface area contributed by atoms with E-state index in [1.807, 2.05) is 25.1 Å². The van der Waals surface area contributed by atoms with Gasteiger partial charge in [0.2, 0.25) is 0 Å². The van der Waals surface area contributed by atoms with E-state index in [-0.39, 0.29) is 5.56 Å². The van der Waals surface area contributed by atoms with E-state index in [2.05, 4.69) is 31.8 Å². The quantitative estimate of drug-likeness (QED) is 0.548. The van der Waals surface area contributed by atoms with Crippen molar-refractivity contribution in [2.24, 2.45) is 7.05 Å². The summed E-state index contributed by atoms with van der Waals surface area (Å²) in [5.41, 5.74) is 1.72. The third kappa shape index (κ3) is 3.82. The molecule has 0 aromatic carbocycles. The van der Waals surface area contributed by atoms with Crippen molar-refractivity contribution >= 4 is 28.4 Å². The van der Waals surface area contributed by atoms with Gasteiger partial charge in [-0.25, -0.2) is 4.98 Å². The Morgan fingerprint density at radius 1 is 1.22 bits per heavy atom. The molecule has 2 aliphatic heterocycles. The monoisotopic (exact) mass is 432 g/mol. The molecule has 166 valence electrons. The fourth-order valence-electron chi connectivity index (χ4n) is 5.29. The first-order valence-electron chi connectivity index (χ1n) is 11.2. The van der Waals surface area contributed by atoms with Crippen molar-refractivity contribution in [1.82, 2.24) is 24.6 Å². The molecule has 3 aromatic heterocycles. The van der Waals surface area contributed by atoms with Crippen molar-refractivity contribution in [3.05, 3.63) is 40.3 Å². The standard InChI is InChI=1S/C23H28N8O/c1-14-10-21(29-28-14)26-20-13-19-18(6-7-22(32)30(19)2)23(27-20)25-15-11-16-4-5-17(12-15)31(16)9-3-8-24/h6-7,10,13,15-17H,3-5,9,11-12H2,1-2H3,(H3,25,26,27,28,29). The molecule has 2 saturated heterocycles. The van der Waals surface area contributed by atoms with Gasteiger partial charge in [-0.2, -0.15) is 10.4 Å². The molecular weight excluding hydrogens is 404 g/mol. The van der Waals surface area contributed by atoms with Crippen LogP contribution in [0.25, 0.3) is 10.9 Å². The average Bonchev–Trinajstić information content (AvgIpc) is 3.28. The summed E-state index contributed by atoms with van der Waals surface area (Å²) in [6.07, 6.45) is 5.04. The second-order valence-corrected chi connectivity index (χ2v) is 8.92. The van der Waals surface area contributed by atoms with Crippen molar-refractivity contribution in [2.75, 3.05) is 17.2 Å².